The first-order valence-corrected chi connectivity index (χ1v) is 4.81. The van der Waals surface area contributed by atoms with Crippen LogP contribution in [0.15, 0.2) is 24.3 Å². The van der Waals surface area contributed by atoms with Crippen LogP contribution in [0.2, 0.25) is 0 Å². The highest BCUT2D eigenvalue weighted by Crippen LogP contribution is 2.24. The van der Waals surface area contributed by atoms with Crippen molar-refractivity contribution in [1.82, 2.24) is 5.32 Å². The van der Waals surface area contributed by atoms with Crippen LogP contribution in [-0.4, -0.2) is 23.7 Å². The molecule has 0 saturated carbocycles. The van der Waals surface area contributed by atoms with Crippen LogP contribution in [0.4, 0.5) is 0 Å². The number of rotatable bonds is 4. The first-order chi connectivity index (χ1) is 7.09. The number of benzene rings is 1. The molecule has 0 fully saturated rings. The van der Waals surface area contributed by atoms with Gasteiger partial charge in [-0.1, -0.05) is 26.0 Å². The Balaban J connectivity index is 2.48. The number of carbonyl (C=O) groups excluding carboxylic acids is 1. The number of ether oxygens (including phenoxy) is 1. The topological polar surface area (TPSA) is 58.6 Å². The van der Waals surface area contributed by atoms with Gasteiger partial charge in [0, 0.05) is 6.04 Å². The minimum atomic E-state index is -0.412. The maximum absolute atomic E-state index is 11.3. The van der Waals surface area contributed by atoms with E-state index < -0.39 is 5.97 Å². The van der Waals surface area contributed by atoms with Gasteiger partial charge >= 0.3 is 5.97 Å². The number of esters is 1. The van der Waals surface area contributed by atoms with Crippen LogP contribution < -0.4 is 10.1 Å². The van der Waals surface area contributed by atoms with E-state index in [0.717, 1.165) is 0 Å². The lowest BCUT2D eigenvalue weighted by molar-refractivity contribution is -0.133. The van der Waals surface area contributed by atoms with Gasteiger partial charge in [-0.25, -0.2) is 0 Å². The Labute approximate surface area is 88.9 Å². The van der Waals surface area contributed by atoms with Crippen molar-refractivity contribution in [2.45, 2.75) is 19.9 Å². The average Bonchev–Trinajstić information content (AvgIpc) is 2.18. The molecule has 0 spiro atoms. The van der Waals surface area contributed by atoms with E-state index >= 15 is 0 Å². The standard InChI is InChI=1S/C11H15NO3/c1-8(2)12-7-11(14)15-10-6-4-3-5-9(10)13/h3-6,8,12-13H,7H2,1-2H3. The van der Waals surface area contributed by atoms with Gasteiger partial charge in [-0.2, -0.15) is 0 Å². The highest BCUT2D eigenvalue weighted by Gasteiger charge is 2.07. The van der Waals surface area contributed by atoms with Crippen LogP contribution in [0.5, 0.6) is 11.5 Å². The van der Waals surface area contributed by atoms with Gasteiger partial charge in [0.2, 0.25) is 0 Å². The van der Waals surface area contributed by atoms with E-state index in [-0.39, 0.29) is 24.1 Å². The summed E-state index contributed by atoms with van der Waals surface area (Å²) >= 11 is 0. The van der Waals surface area contributed by atoms with E-state index in [1.807, 2.05) is 13.8 Å². The number of aromatic hydroxyl groups is 1. The largest absolute Gasteiger partial charge is 0.504 e. The molecule has 1 aromatic carbocycles. The van der Waals surface area contributed by atoms with Crippen molar-refractivity contribution >= 4 is 5.97 Å². The zero-order valence-electron chi connectivity index (χ0n) is 8.86. The molecule has 2 N–H and O–H groups in total. The number of hydrogen-bond acceptors (Lipinski definition) is 4. The summed E-state index contributed by atoms with van der Waals surface area (Å²) in [4.78, 5) is 11.3. The van der Waals surface area contributed by atoms with Gasteiger partial charge in [-0.3, -0.25) is 4.79 Å². The Bertz CT molecular complexity index is 336. The number of para-hydroxylation sites is 2. The van der Waals surface area contributed by atoms with Crippen molar-refractivity contribution < 1.29 is 14.6 Å². The molecule has 0 heterocycles. The third kappa shape index (κ3) is 3.99. The van der Waals surface area contributed by atoms with Gasteiger partial charge in [0.15, 0.2) is 11.5 Å². The number of nitrogens with one attached hydrogen (secondary N) is 1. The summed E-state index contributed by atoms with van der Waals surface area (Å²) in [6.45, 7) is 4.01. The summed E-state index contributed by atoms with van der Waals surface area (Å²) in [5.74, 6) is -0.256. The smallest absolute Gasteiger partial charge is 0.325 e. The van der Waals surface area contributed by atoms with Crippen molar-refractivity contribution in [3.8, 4) is 11.5 Å². The van der Waals surface area contributed by atoms with Gasteiger partial charge < -0.3 is 15.2 Å². The van der Waals surface area contributed by atoms with Crippen molar-refractivity contribution in [2.75, 3.05) is 6.54 Å². The predicted octanol–water partition coefficient (Wildman–Crippen LogP) is 1.30. The predicted molar refractivity (Wildman–Crippen MR) is 56.9 cm³/mol. The summed E-state index contributed by atoms with van der Waals surface area (Å²) in [6, 6.07) is 6.60. The second-order valence-corrected chi connectivity index (χ2v) is 3.48. The Hall–Kier alpha value is -1.55. The fraction of sp³-hybridized carbons (Fsp3) is 0.364. The molecule has 0 aromatic heterocycles. The zero-order valence-corrected chi connectivity index (χ0v) is 8.86. The summed E-state index contributed by atoms with van der Waals surface area (Å²) < 4.78 is 4.94. The normalized spacial score (nSPS) is 10.3. The van der Waals surface area contributed by atoms with E-state index in [1.54, 1.807) is 18.2 Å². The van der Waals surface area contributed by atoms with Crippen molar-refractivity contribution in [1.29, 1.82) is 0 Å². The van der Waals surface area contributed by atoms with Crippen LogP contribution in [0.3, 0.4) is 0 Å². The molecule has 82 valence electrons. The Morgan fingerprint density at radius 3 is 2.73 bits per heavy atom. The second-order valence-electron chi connectivity index (χ2n) is 3.48. The third-order valence-corrected chi connectivity index (χ3v) is 1.74. The number of hydrogen-bond donors (Lipinski definition) is 2. The van der Waals surface area contributed by atoms with Gasteiger partial charge in [0.1, 0.15) is 0 Å². The van der Waals surface area contributed by atoms with Crippen molar-refractivity contribution in [3.05, 3.63) is 24.3 Å². The quantitative estimate of drug-likeness (QED) is 0.579. The summed E-state index contributed by atoms with van der Waals surface area (Å²) in [5, 5.41) is 12.3. The molecule has 1 rings (SSSR count). The van der Waals surface area contributed by atoms with Crippen LogP contribution in [0, 0.1) is 0 Å². The highest BCUT2D eigenvalue weighted by atomic mass is 16.5. The van der Waals surface area contributed by atoms with E-state index in [4.69, 9.17) is 4.74 Å². The first kappa shape index (κ1) is 11.5. The van der Waals surface area contributed by atoms with E-state index in [1.165, 1.54) is 6.07 Å². The lowest BCUT2D eigenvalue weighted by atomic mass is 10.3. The molecule has 0 aliphatic carbocycles. The van der Waals surface area contributed by atoms with Crippen LogP contribution in [0.25, 0.3) is 0 Å². The molecule has 0 aliphatic rings. The number of phenolic OH excluding ortho intramolecular Hbond substituents is 1. The maximum Gasteiger partial charge on any atom is 0.325 e. The summed E-state index contributed by atoms with van der Waals surface area (Å²) in [6.07, 6.45) is 0. The monoisotopic (exact) mass is 209 g/mol. The molecule has 1 aromatic rings. The third-order valence-electron chi connectivity index (χ3n) is 1.74. The van der Waals surface area contributed by atoms with Crippen molar-refractivity contribution in [2.24, 2.45) is 0 Å². The van der Waals surface area contributed by atoms with E-state index in [9.17, 15) is 9.90 Å². The Kier molecular flexibility index (Phi) is 4.12. The average molecular weight is 209 g/mol. The lowest BCUT2D eigenvalue weighted by Gasteiger charge is -2.08. The van der Waals surface area contributed by atoms with Gasteiger partial charge in [0.05, 0.1) is 6.54 Å². The van der Waals surface area contributed by atoms with Crippen molar-refractivity contribution in [3.63, 3.8) is 0 Å². The molecular weight excluding hydrogens is 194 g/mol. The molecule has 0 amide bonds. The van der Waals surface area contributed by atoms with E-state index in [0.29, 0.717) is 0 Å². The molecule has 0 bridgehead atoms. The fourth-order valence-electron chi connectivity index (χ4n) is 0.990. The summed E-state index contributed by atoms with van der Waals surface area (Å²) in [5.41, 5.74) is 0. The Morgan fingerprint density at radius 1 is 1.47 bits per heavy atom. The van der Waals surface area contributed by atoms with Gasteiger partial charge in [-0.05, 0) is 12.1 Å². The molecular formula is C11H15NO3. The molecule has 0 radical (unpaired) electrons. The minimum Gasteiger partial charge on any atom is -0.504 e. The molecule has 0 saturated heterocycles. The molecule has 15 heavy (non-hydrogen) atoms. The van der Waals surface area contributed by atoms with Gasteiger partial charge in [0.25, 0.3) is 0 Å². The molecule has 4 nitrogen and oxygen atoms in total. The maximum atomic E-state index is 11.3. The highest BCUT2D eigenvalue weighted by molar-refractivity contribution is 5.75. The first-order valence-electron chi connectivity index (χ1n) is 4.81. The van der Waals surface area contributed by atoms with Crippen LogP contribution in [-0.2, 0) is 4.79 Å². The Morgan fingerprint density at radius 2 is 2.13 bits per heavy atom. The van der Waals surface area contributed by atoms with Crippen LogP contribution >= 0.6 is 0 Å². The fourth-order valence-corrected chi connectivity index (χ4v) is 0.990. The minimum absolute atomic E-state index is 0.0320. The lowest BCUT2D eigenvalue weighted by Crippen LogP contribution is -2.31. The number of phenols is 1. The number of carbonyl (C=O) groups is 1. The SMILES string of the molecule is CC(C)NCC(=O)Oc1ccccc1O. The van der Waals surface area contributed by atoms with Crippen LogP contribution in [0.1, 0.15) is 13.8 Å². The molecule has 4 heteroatoms. The molecule has 0 unspecified atom stereocenters. The second kappa shape index (κ2) is 5.36. The molecule has 0 atom stereocenters. The zero-order chi connectivity index (χ0) is 11.3. The summed E-state index contributed by atoms with van der Waals surface area (Å²) in [7, 11) is 0. The molecule has 0 aliphatic heterocycles. The van der Waals surface area contributed by atoms with Gasteiger partial charge in [-0.15, -0.1) is 0 Å². The van der Waals surface area contributed by atoms with E-state index in [2.05, 4.69) is 5.32 Å².